The molecule has 0 saturated heterocycles. The number of thioether (sulfide) groups is 1. The summed E-state index contributed by atoms with van der Waals surface area (Å²) in [5, 5.41) is 0. The number of nitrogens with zero attached hydrogens (tertiary/aromatic N) is 1. The van der Waals surface area contributed by atoms with Gasteiger partial charge >= 0.3 is 0 Å². The minimum absolute atomic E-state index is 0.122. The second-order valence-electron chi connectivity index (χ2n) is 5.10. The lowest BCUT2D eigenvalue weighted by Crippen LogP contribution is -2.51. The number of anilines is 2. The SMILES string of the molecule is CC(C)(CCN)N1C(=O)CSc2ccc(N)cc21. The lowest BCUT2D eigenvalue weighted by Gasteiger charge is -2.41. The molecule has 0 saturated carbocycles. The van der Waals surface area contributed by atoms with Gasteiger partial charge in [-0.2, -0.15) is 0 Å². The molecule has 0 spiro atoms. The summed E-state index contributed by atoms with van der Waals surface area (Å²) in [6.45, 7) is 4.64. The Labute approximate surface area is 112 Å². The van der Waals surface area contributed by atoms with Gasteiger partial charge in [0.05, 0.1) is 11.4 Å². The van der Waals surface area contributed by atoms with Gasteiger partial charge in [0.25, 0.3) is 0 Å². The number of rotatable bonds is 3. The summed E-state index contributed by atoms with van der Waals surface area (Å²) in [6, 6.07) is 5.72. The van der Waals surface area contributed by atoms with Crippen LogP contribution in [0.4, 0.5) is 11.4 Å². The van der Waals surface area contributed by atoms with E-state index in [1.54, 1.807) is 11.8 Å². The van der Waals surface area contributed by atoms with Crippen LogP contribution in [0.15, 0.2) is 23.1 Å². The van der Waals surface area contributed by atoms with Gasteiger partial charge in [-0.05, 0) is 45.0 Å². The van der Waals surface area contributed by atoms with Crippen LogP contribution in [0.3, 0.4) is 0 Å². The lowest BCUT2D eigenvalue weighted by atomic mass is 9.96. The number of carbonyl (C=O) groups is 1. The van der Waals surface area contributed by atoms with Crippen molar-refractivity contribution in [2.45, 2.75) is 30.7 Å². The molecule has 0 unspecified atom stereocenters. The van der Waals surface area contributed by atoms with E-state index >= 15 is 0 Å². The van der Waals surface area contributed by atoms with Crippen LogP contribution in [0.1, 0.15) is 20.3 Å². The van der Waals surface area contributed by atoms with Crippen molar-refractivity contribution in [3.8, 4) is 0 Å². The van der Waals surface area contributed by atoms with Crippen LogP contribution in [0.5, 0.6) is 0 Å². The molecule has 4 N–H and O–H groups in total. The Bertz CT molecular complexity index is 473. The van der Waals surface area contributed by atoms with E-state index in [4.69, 9.17) is 11.5 Å². The van der Waals surface area contributed by atoms with Crippen molar-refractivity contribution < 1.29 is 4.79 Å². The maximum atomic E-state index is 12.2. The Hall–Kier alpha value is -1.20. The minimum Gasteiger partial charge on any atom is -0.399 e. The molecule has 1 aliphatic heterocycles. The molecule has 1 aromatic carbocycles. The molecular weight excluding hydrogens is 246 g/mol. The summed E-state index contributed by atoms with van der Waals surface area (Å²) in [6.07, 6.45) is 0.762. The van der Waals surface area contributed by atoms with E-state index in [1.807, 2.05) is 36.9 Å². The van der Waals surface area contributed by atoms with Gasteiger partial charge in [0.2, 0.25) is 5.91 Å². The predicted octanol–water partition coefficient (Wildman–Crippen LogP) is 1.83. The van der Waals surface area contributed by atoms with Crippen LogP contribution < -0.4 is 16.4 Å². The third-order valence-corrected chi connectivity index (χ3v) is 4.23. The Morgan fingerprint density at radius 3 is 2.83 bits per heavy atom. The number of fused-ring (bicyclic) bond motifs is 1. The fourth-order valence-electron chi connectivity index (χ4n) is 2.30. The van der Waals surface area contributed by atoms with E-state index in [0.29, 0.717) is 18.0 Å². The number of hydrogen-bond acceptors (Lipinski definition) is 4. The fourth-order valence-corrected chi connectivity index (χ4v) is 3.17. The highest BCUT2D eigenvalue weighted by molar-refractivity contribution is 8.00. The molecule has 0 bridgehead atoms. The van der Waals surface area contributed by atoms with Crippen LogP contribution in [-0.2, 0) is 4.79 Å². The summed E-state index contributed by atoms with van der Waals surface area (Å²) in [7, 11) is 0. The number of benzene rings is 1. The van der Waals surface area contributed by atoms with Crippen molar-refractivity contribution >= 4 is 29.0 Å². The molecule has 98 valence electrons. The molecule has 5 heteroatoms. The smallest absolute Gasteiger partial charge is 0.237 e. The third-order valence-electron chi connectivity index (χ3n) is 3.19. The summed E-state index contributed by atoms with van der Waals surface area (Å²) in [4.78, 5) is 15.2. The summed E-state index contributed by atoms with van der Waals surface area (Å²) < 4.78 is 0. The van der Waals surface area contributed by atoms with E-state index in [-0.39, 0.29) is 11.4 Å². The van der Waals surface area contributed by atoms with Gasteiger partial charge in [-0.25, -0.2) is 0 Å². The third kappa shape index (κ3) is 2.33. The number of nitrogens with two attached hydrogens (primary N) is 2. The molecule has 0 atom stereocenters. The Kier molecular flexibility index (Phi) is 3.54. The number of hydrogen-bond donors (Lipinski definition) is 2. The van der Waals surface area contributed by atoms with Crippen LogP contribution >= 0.6 is 11.8 Å². The van der Waals surface area contributed by atoms with Gasteiger partial charge in [-0.1, -0.05) is 0 Å². The molecule has 4 nitrogen and oxygen atoms in total. The number of carbonyl (C=O) groups excluding carboxylic acids is 1. The Balaban J connectivity index is 2.47. The van der Waals surface area contributed by atoms with E-state index < -0.39 is 0 Å². The normalized spacial score (nSPS) is 15.7. The second-order valence-corrected chi connectivity index (χ2v) is 6.11. The molecule has 18 heavy (non-hydrogen) atoms. The average Bonchev–Trinajstić information content (AvgIpc) is 2.27. The largest absolute Gasteiger partial charge is 0.399 e. The van der Waals surface area contributed by atoms with Crippen molar-refractivity contribution in [1.29, 1.82) is 0 Å². The molecule has 0 radical (unpaired) electrons. The van der Waals surface area contributed by atoms with Gasteiger partial charge in [-0.3, -0.25) is 4.79 Å². The van der Waals surface area contributed by atoms with E-state index in [2.05, 4.69) is 0 Å². The second kappa shape index (κ2) is 4.82. The highest BCUT2D eigenvalue weighted by Crippen LogP contribution is 2.40. The van der Waals surface area contributed by atoms with E-state index in [0.717, 1.165) is 17.0 Å². The first kappa shape index (κ1) is 13.2. The topological polar surface area (TPSA) is 72.3 Å². The molecule has 1 amide bonds. The molecule has 1 aliphatic rings. The molecule has 0 aromatic heterocycles. The molecule has 1 aromatic rings. The monoisotopic (exact) mass is 265 g/mol. The van der Waals surface area contributed by atoms with Crippen molar-refractivity contribution in [2.24, 2.45) is 5.73 Å². The fraction of sp³-hybridized carbons (Fsp3) is 0.462. The maximum absolute atomic E-state index is 12.2. The van der Waals surface area contributed by atoms with Crippen molar-refractivity contribution in [3.05, 3.63) is 18.2 Å². The van der Waals surface area contributed by atoms with Crippen LogP contribution in [0.2, 0.25) is 0 Å². The zero-order valence-electron chi connectivity index (χ0n) is 10.8. The summed E-state index contributed by atoms with van der Waals surface area (Å²) in [5.41, 5.74) is 12.8. The van der Waals surface area contributed by atoms with Crippen molar-refractivity contribution in [3.63, 3.8) is 0 Å². The maximum Gasteiger partial charge on any atom is 0.237 e. The predicted molar refractivity (Wildman–Crippen MR) is 76.8 cm³/mol. The quantitative estimate of drug-likeness (QED) is 0.818. The van der Waals surface area contributed by atoms with Crippen LogP contribution in [0, 0.1) is 0 Å². The zero-order valence-corrected chi connectivity index (χ0v) is 11.6. The molecule has 1 heterocycles. The first-order valence-electron chi connectivity index (χ1n) is 6.01. The zero-order chi connectivity index (χ0) is 13.3. The van der Waals surface area contributed by atoms with Crippen LogP contribution in [-0.4, -0.2) is 23.7 Å². The van der Waals surface area contributed by atoms with Gasteiger partial charge in [0, 0.05) is 16.1 Å². The molecular formula is C13H19N3OS. The van der Waals surface area contributed by atoms with Crippen LogP contribution in [0.25, 0.3) is 0 Å². The molecule has 0 fully saturated rings. The number of amides is 1. The number of nitrogen functional groups attached to an aromatic ring is 1. The molecule has 2 rings (SSSR count). The van der Waals surface area contributed by atoms with Gasteiger partial charge in [0.1, 0.15) is 0 Å². The first-order valence-corrected chi connectivity index (χ1v) is 7.00. The van der Waals surface area contributed by atoms with Gasteiger partial charge in [0.15, 0.2) is 0 Å². The standard InChI is InChI=1S/C13H19N3OS/c1-13(2,5-6-14)16-10-7-9(15)3-4-11(10)18-8-12(16)17/h3-4,7H,5-6,8,14-15H2,1-2H3. The van der Waals surface area contributed by atoms with Gasteiger partial charge < -0.3 is 16.4 Å². The van der Waals surface area contributed by atoms with Gasteiger partial charge in [-0.15, -0.1) is 11.8 Å². The molecule has 0 aliphatic carbocycles. The minimum atomic E-state index is -0.282. The Morgan fingerprint density at radius 1 is 1.44 bits per heavy atom. The summed E-state index contributed by atoms with van der Waals surface area (Å²) in [5.74, 6) is 0.599. The average molecular weight is 265 g/mol. The van der Waals surface area contributed by atoms with E-state index in [9.17, 15) is 4.79 Å². The Morgan fingerprint density at radius 2 is 2.17 bits per heavy atom. The lowest BCUT2D eigenvalue weighted by molar-refractivity contribution is -0.117. The summed E-state index contributed by atoms with van der Waals surface area (Å²) >= 11 is 1.57. The first-order chi connectivity index (χ1) is 8.45. The van der Waals surface area contributed by atoms with E-state index in [1.165, 1.54) is 0 Å². The van der Waals surface area contributed by atoms with Crippen molar-refractivity contribution in [1.82, 2.24) is 0 Å². The highest BCUT2D eigenvalue weighted by Gasteiger charge is 2.35. The highest BCUT2D eigenvalue weighted by atomic mass is 32.2. The van der Waals surface area contributed by atoms with Crippen molar-refractivity contribution in [2.75, 3.05) is 22.9 Å².